The second-order valence-electron chi connectivity index (χ2n) is 3.23. The van der Waals surface area contributed by atoms with Gasteiger partial charge in [0.1, 0.15) is 0 Å². The van der Waals surface area contributed by atoms with E-state index in [0.29, 0.717) is 12.1 Å². The molecule has 3 N–H and O–H groups in total. The Kier molecular flexibility index (Phi) is 5.08. The van der Waals surface area contributed by atoms with E-state index in [0.717, 1.165) is 5.69 Å². The zero-order valence-corrected chi connectivity index (χ0v) is 9.07. The van der Waals surface area contributed by atoms with Gasteiger partial charge in [0.2, 0.25) is 0 Å². The Balaban J connectivity index is 2.65. The molecule has 1 aromatic rings. The normalized spacial score (nSPS) is 9.56. The van der Waals surface area contributed by atoms with Crippen LogP contribution in [0, 0.1) is 0 Å². The molecule has 0 bridgehead atoms. The molecule has 0 aliphatic carbocycles. The standard InChI is InChI=1S/C12H16N2O2/c1-2-6-13-11-5-3-4-10(9-11)12(16)14-7-8-15/h2-5,9,13,15H,1,6-8H2,(H,14,16). The SMILES string of the molecule is C=CCNc1cccc(C(=O)NCCO)c1. The van der Waals surface area contributed by atoms with Gasteiger partial charge in [0.15, 0.2) is 0 Å². The predicted molar refractivity (Wildman–Crippen MR) is 64.5 cm³/mol. The molecule has 0 heterocycles. The smallest absolute Gasteiger partial charge is 0.251 e. The van der Waals surface area contributed by atoms with Gasteiger partial charge in [-0.05, 0) is 18.2 Å². The Morgan fingerprint density at radius 1 is 1.50 bits per heavy atom. The van der Waals surface area contributed by atoms with Crippen molar-refractivity contribution < 1.29 is 9.90 Å². The zero-order chi connectivity index (χ0) is 11.8. The molecule has 0 aliphatic heterocycles. The lowest BCUT2D eigenvalue weighted by Gasteiger charge is -2.06. The Morgan fingerprint density at radius 3 is 3.00 bits per heavy atom. The van der Waals surface area contributed by atoms with Crippen molar-refractivity contribution in [3.63, 3.8) is 0 Å². The van der Waals surface area contributed by atoms with Crippen LogP contribution in [0.1, 0.15) is 10.4 Å². The highest BCUT2D eigenvalue weighted by Crippen LogP contribution is 2.10. The van der Waals surface area contributed by atoms with Crippen molar-refractivity contribution in [1.82, 2.24) is 5.32 Å². The molecule has 0 saturated carbocycles. The third-order valence-electron chi connectivity index (χ3n) is 1.97. The van der Waals surface area contributed by atoms with Crippen LogP contribution in [-0.4, -0.2) is 30.7 Å². The van der Waals surface area contributed by atoms with Gasteiger partial charge < -0.3 is 15.7 Å². The van der Waals surface area contributed by atoms with Crippen LogP contribution >= 0.6 is 0 Å². The Hall–Kier alpha value is -1.81. The summed E-state index contributed by atoms with van der Waals surface area (Å²) in [5, 5.41) is 14.3. The van der Waals surface area contributed by atoms with Gasteiger partial charge in [0.05, 0.1) is 6.61 Å². The molecular weight excluding hydrogens is 204 g/mol. The fraction of sp³-hybridized carbons (Fsp3) is 0.250. The van der Waals surface area contributed by atoms with Crippen molar-refractivity contribution in [2.45, 2.75) is 0 Å². The first kappa shape index (κ1) is 12.3. The summed E-state index contributed by atoms with van der Waals surface area (Å²) in [7, 11) is 0. The van der Waals surface area contributed by atoms with Crippen molar-refractivity contribution in [1.29, 1.82) is 0 Å². The molecule has 16 heavy (non-hydrogen) atoms. The van der Waals surface area contributed by atoms with Crippen molar-refractivity contribution >= 4 is 11.6 Å². The zero-order valence-electron chi connectivity index (χ0n) is 9.07. The number of benzene rings is 1. The maximum absolute atomic E-state index is 11.6. The second-order valence-corrected chi connectivity index (χ2v) is 3.23. The van der Waals surface area contributed by atoms with Crippen LogP contribution in [0.15, 0.2) is 36.9 Å². The van der Waals surface area contributed by atoms with Crippen LogP contribution in [0.2, 0.25) is 0 Å². The molecule has 0 fully saturated rings. The molecule has 0 atom stereocenters. The Labute approximate surface area is 95.0 Å². The molecule has 1 aromatic carbocycles. The van der Waals surface area contributed by atoms with E-state index in [4.69, 9.17) is 5.11 Å². The first-order valence-electron chi connectivity index (χ1n) is 5.12. The van der Waals surface area contributed by atoms with Gasteiger partial charge in [0.25, 0.3) is 5.91 Å². The summed E-state index contributed by atoms with van der Waals surface area (Å²) >= 11 is 0. The third kappa shape index (κ3) is 3.74. The van der Waals surface area contributed by atoms with Gasteiger partial charge in [0, 0.05) is 24.3 Å². The predicted octanol–water partition coefficient (Wildman–Crippen LogP) is 1.01. The number of carbonyl (C=O) groups is 1. The molecule has 1 rings (SSSR count). The highest BCUT2D eigenvalue weighted by Gasteiger charge is 2.04. The molecule has 0 radical (unpaired) electrons. The lowest BCUT2D eigenvalue weighted by Crippen LogP contribution is -2.26. The lowest BCUT2D eigenvalue weighted by atomic mass is 10.2. The van der Waals surface area contributed by atoms with E-state index >= 15 is 0 Å². The van der Waals surface area contributed by atoms with E-state index < -0.39 is 0 Å². The summed E-state index contributed by atoms with van der Waals surface area (Å²) in [6.07, 6.45) is 1.75. The maximum atomic E-state index is 11.6. The molecular formula is C12H16N2O2. The molecule has 4 nitrogen and oxygen atoms in total. The number of anilines is 1. The minimum atomic E-state index is -0.184. The third-order valence-corrected chi connectivity index (χ3v) is 1.97. The van der Waals surface area contributed by atoms with E-state index in [1.807, 2.05) is 6.07 Å². The largest absolute Gasteiger partial charge is 0.395 e. The topological polar surface area (TPSA) is 61.4 Å². The highest BCUT2D eigenvalue weighted by atomic mass is 16.3. The molecule has 0 unspecified atom stereocenters. The average molecular weight is 220 g/mol. The Bertz CT molecular complexity index is 364. The van der Waals surface area contributed by atoms with E-state index in [2.05, 4.69) is 17.2 Å². The molecule has 0 aliphatic rings. The first-order valence-corrected chi connectivity index (χ1v) is 5.12. The number of hydrogen-bond acceptors (Lipinski definition) is 3. The quantitative estimate of drug-likeness (QED) is 0.627. The number of carbonyl (C=O) groups excluding carboxylic acids is 1. The van der Waals surface area contributed by atoms with Crippen LogP contribution in [0.3, 0.4) is 0 Å². The molecule has 0 aromatic heterocycles. The van der Waals surface area contributed by atoms with Crippen LogP contribution in [0.5, 0.6) is 0 Å². The summed E-state index contributed by atoms with van der Waals surface area (Å²) < 4.78 is 0. The average Bonchev–Trinajstić information content (AvgIpc) is 2.33. The first-order chi connectivity index (χ1) is 7.77. The van der Waals surface area contributed by atoms with Gasteiger partial charge >= 0.3 is 0 Å². The molecule has 86 valence electrons. The van der Waals surface area contributed by atoms with Crippen molar-refractivity contribution in [2.24, 2.45) is 0 Å². The minimum absolute atomic E-state index is 0.0554. The summed E-state index contributed by atoms with van der Waals surface area (Å²) in [6.45, 7) is 4.47. The number of nitrogens with one attached hydrogen (secondary N) is 2. The summed E-state index contributed by atoms with van der Waals surface area (Å²) in [5.74, 6) is -0.184. The summed E-state index contributed by atoms with van der Waals surface area (Å²) in [4.78, 5) is 11.6. The molecule has 4 heteroatoms. The van der Waals surface area contributed by atoms with Crippen molar-refractivity contribution in [2.75, 3.05) is 25.0 Å². The fourth-order valence-electron chi connectivity index (χ4n) is 1.23. The molecule has 0 spiro atoms. The molecule has 1 amide bonds. The maximum Gasteiger partial charge on any atom is 0.251 e. The van der Waals surface area contributed by atoms with E-state index in [1.54, 1.807) is 24.3 Å². The van der Waals surface area contributed by atoms with Crippen molar-refractivity contribution in [3.05, 3.63) is 42.5 Å². The van der Waals surface area contributed by atoms with Crippen LogP contribution in [-0.2, 0) is 0 Å². The monoisotopic (exact) mass is 220 g/mol. The fourth-order valence-corrected chi connectivity index (χ4v) is 1.23. The van der Waals surface area contributed by atoms with E-state index in [1.165, 1.54) is 0 Å². The summed E-state index contributed by atoms with van der Waals surface area (Å²) in [5.41, 5.74) is 1.44. The van der Waals surface area contributed by atoms with Gasteiger partial charge in [-0.1, -0.05) is 12.1 Å². The number of amides is 1. The van der Waals surface area contributed by atoms with Gasteiger partial charge in [-0.15, -0.1) is 6.58 Å². The lowest BCUT2D eigenvalue weighted by molar-refractivity contribution is 0.0945. The molecule has 0 saturated heterocycles. The Morgan fingerprint density at radius 2 is 2.31 bits per heavy atom. The highest BCUT2D eigenvalue weighted by molar-refractivity contribution is 5.95. The van der Waals surface area contributed by atoms with Crippen molar-refractivity contribution in [3.8, 4) is 0 Å². The minimum Gasteiger partial charge on any atom is -0.395 e. The summed E-state index contributed by atoms with van der Waals surface area (Å²) in [6, 6.07) is 7.17. The number of aliphatic hydroxyl groups excluding tert-OH is 1. The van der Waals surface area contributed by atoms with Crippen LogP contribution in [0.25, 0.3) is 0 Å². The van der Waals surface area contributed by atoms with Gasteiger partial charge in [-0.2, -0.15) is 0 Å². The number of rotatable bonds is 6. The number of hydrogen-bond donors (Lipinski definition) is 3. The van der Waals surface area contributed by atoms with Gasteiger partial charge in [-0.25, -0.2) is 0 Å². The van der Waals surface area contributed by atoms with E-state index in [-0.39, 0.29) is 19.1 Å². The van der Waals surface area contributed by atoms with E-state index in [9.17, 15) is 4.79 Å². The van der Waals surface area contributed by atoms with Crippen LogP contribution in [0.4, 0.5) is 5.69 Å². The van der Waals surface area contributed by atoms with Gasteiger partial charge in [-0.3, -0.25) is 4.79 Å². The second kappa shape index (κ2) is 6.63. The van der Waals surface area contributed by atoms with Crippen LogP contribution < -0.4 is 10.6 Å². The number of aliphatic hydroxyl groups is 1.